The SMILES string of the molecule is CN(C(=O)c1cnc2ccnn2c1)C1CCC(Nc2cc(C(F)(F)F)nc3ccc(Cl)cc23)CC1. The molecule has 1 aromatic carbocycles. The lowest BCUT2D eigenvalue weighted by Gasteiger charge is -2.35. The molecule has 0 unspecified atom stereocenters. The fraction of sp³-hybridized carbons (Fsp3) is 0.333. The highest BCUT2D eigenvalue weighted by Crippen LogP contribution is 2.35. The minimum atomic E-state index is -4.56. The molecule has 11 heteroatoms. The van der Waals surface area contributed by atoms with Crippen LogP contribution in [0.1, 0.15) is 41.7 Å². The number of amides is 1. The molecule has 0 atom stereocenters. The highest BCUT2D eigenvalue weighted by molar-refractivity contribution is 6.31. The fourth-order valence-electron chi connectivity index (χ4n) is 4.58. The molecule has 0 aliphatic heterocycles. The molecule has 0 saturated heterocycles. The van der Waals surface area contributed by atoms with Gasteiger partial charge in [0.1, 0.15) is 5.69 Å². The lowest BCUT2D eigenvalue weighted by atomic mass is 9.89. The number of halogens is 4. The van der Waals surface area contributed by atoms with Gasteiger partial charge < -0.3 is 10.2 Å². The van der Waals surface area contributed by atoms with Crippen LogP contribution in [0.25, 0.3) is 16.6 Å². The smallest absolute Gasteiger partial charge is 0.382 e. The van der Waals surface area contributed by atoms with E-state index in [2.05, 4.69) is 20.4 Å². The van der Waals surface area contributed by atoms with Crippen molar-refractivity contribution in [3.63, 3.8) is 0 Å². The number of pyridine rings is 1. The van der Waals surface area contributed by atoms with Gasteiger partial charge in [0, 0.05) is 53.7 Å². The standard InChI is InChI=1S/C24H22ClF3N6O/c1-33(23(35)14-12-29-22-8-9-30-34(22)13-14)17-5-3-16(4-6-17)31-20-11-21(24(26,27)28)32-19-7-2-15(25)10-18(19)20/h2,7-13,16-17H,3-6H2,1H3,(H,31,32). The van der Waals surface area contributed by atoms with Gasteiger partial charge in [-0.2, -0.15) is 18.3 Å². The Labute approximate surface area is 203 Å². The van der Waals surface area contributed by atoms with Crippen molar-refractivity contribution >= 4 is 39.7 Å². The summed E-state index contributed by atoms with van der Waals surface area (Å²) in [5.74, 6) is -0.143. The largest absolute Gasteiger partial charge is 0.433 e. The maximum Gasteiger partial charge on any atom is 0.433 e. The van der Waals surface area contributed by atoms with Crippen molar-refractivity contribution in [3.05, 3.63) is 65.2 Å². The topological polar surface area (TPSA) is 75.4 Å². The molecule has 3 heterocycles. The first-order valence-corrected chi connectivity index (χ1v) is 11.6. The molecular formula is C24H22ClF3N6O. The Morgan fingerprint density at radius 3 is 2.69 bits per heavy atom. The number of nitrogens with one attached hydrogen (secondary N) is 1. The third-order valence-electron chi connectivity index (χ3n) is 6.48. The molecule has 0 radical (unpaired) electrons. The van der Waals surface area contributed by atoms with Crippen molar-refractivity contribution in [2.45, 2.75) is 43.9 Å². The predicted molar refractivity (Wildman–Crippen MR) is 127 cm³/mol. The van der Waals surface area contributed by atoms with E-state index in [0.29, 0.717) is 53.0 Å². The van der Waals surface area contributed by atoms with E-state index in [-0.39, 0.29) is 23.5 Å². The van der Waals surface area contributed by atoms with Crippen molar-refractivity contribution < 1.29 is 18.0 Å². The molecule has 0 spiro atoms. The van der Waals surface area contributed by atoms with Crippen LogP contribution in [0, 0.1) is 0 Å². The van der Waals surface area contributed by atoms with Gasteiger partial charge in [-0.1, -0.05) is 11.6 Å². The van der Waals surface area contributed by atoms with Crippen molar-refractivity contribution in [2.75, 3.05) is 12.4 Å². The Kier molecular flexibility index (Phi) is 6.00. The molecule has 1 aliphatic carbocycles. The summed E-state index contributed by atoms with van der Waals surface area (Å²) in [4.78, 5) is 22.7. The zero-order valence-electron chi connectivity index (χ0n) is 18.8. The van der Waals surface area contributed by atoms with E-state index in [0.717, 1.165) is 6.07 Å². The van der Waals surface area contributed by atoms with Crippen LogP contribution in [-0.2, 0) is 6.18 Å². The van der Waals surface area contributed by atoms with E-state index in [1.54, 1.807) is 47.2 Å². The molecule has 0 bridgehead atoms. The number of alkyl halides is 3. The minimum absolute atomic E-state index is 0.0169. The summed E-state index contributed by atoms with van der Waals surface area (Å²) in [7, 11) is 1.77. The molecule has 1 amide bonds. The van der Waals surface area contributed by atoms with E-state index >= 15 is 0 Å². The number of carbonyl (C=O) groups excluding carboxylic acids is 1. The summed E-state index contributed by atoms with van der Waals surface area (Å²) < 4.78 is 41.8. The Hall–Kier alpha value is -3.40. The Morgan fingerprint density at radius 2 is 1.94 bits per heavy atom. The number of aromatic nitrogens is 4. The number of anilines is 1. The molecule has 182 valence electrons. The minimum Gasteiger partial charge on any atom is -0.382 e. The lowest BCUT2D eigenvalue weighted by molar-refractivity contribution is -0.140. The second-order valence-corrected chi connectivity index (χ2v) is 9.19. The van der Waals surface area contributed by atoms with Crippen LogP contribution >= 0.6 is 11.6 Å². The quantitative estimate of drug-likeness (QED) is 0.402. The van der Waals surface area contributed by atoms with E-state index in [9.17, 15) is 18.0 Å². The van der Waals surface area contributed by atoms with Gasteiger partial charge in [0.25, 0.3) is 5.91 Å². The number of nitrogens with zero attached hydrogens (tertiary/aromatic N) is 5. The molecular weight excluding hydrogens is 481 g/mol. The van der Waals surface area contributed by atoms with Crippen LogP contribution in [0.3, 0.4) is 0 Å². The zero-order valence-corrected chi connectivity index (χ0v) is 19.5. The molecule has 1 N–H and O–H groups in total. The number of fused-ring (bicyclic) bond motifs is 2. The summed E-state index contributed by atoms with van der Waals surface area (Å²) in [6.07, 6.45) is 3.09. The summed E-state index contributed by atoms with van der Waals surface area (Å²) in [5.41, 5.74) is 0.750. The molecule has 1 aliphatic rings. The molecule has 1 fully saturated rings. The van der Waals surface area contributed by atoms with Gasteiger partial charge in [-0.05, 0) is 49.9 Å². The Balaban J connectivity index is 1.29. The van der Waals surface area contributed by atoms with Crippen LogP contribution in [0.5, 0.6) is 0 Å². The first-order valence-electron chi connectivity index (χ1n) is 11.2. The lowest BCUT2D eigenvalue weighted by Crippen LogP contribution is -2.41. The van der Waals surface area contributed by atoms with Gasteiger partial charge in [0.15, 0.2) is 5.65 Å². The molecule has 5 rings (SSSR count). The van der Waals surface area contributed by atoms with E-state index in [4.69, 9.17) is 11.6 Å². The van der Waals surface area contributed by atoms with Gasteiger partial charge in [0.2, 0.25) is 0 Å². The summed E-state index contributed by atoms with van der Waals surface area (Å²) >= 11 is 6.10. The van der Waals surface area contributed by atoms with Crippen LogP contribution in [-0.4, -0.2) is 49.5 Å². The van der Waals surface area contributed by atoms with Crippen molar-refractivity contribution in [3.8, 4) is 0 Å². The summed E-state index contributed by atoms with van der Waals surface area (Å²) in [5, 5.41) is 8.37. The second kappa shape index (κ2) is 8.99. The molecule has 7 nitrogen and oxygen atoms in total. The normalized spacial score (nSPS) is 18.7. The van der Waals surface area contributed by atoms with E-state index in [1.807, 2.05) is 0 Å². The monoisotopic (exact) mass is 502 g/mol. The van der Waals surface area contributed by atoms with Crippen molar-refractivity contribution in [1.29, 1.82) is 0 Å². The van der Waals surface area contributed by atoms with E-state index in [1.165, 1.54) is 12.1 Å². The summed E-state index contributed by atoms with van der Waals surface area (Å²) in [6.45, 7) is 0. The number of hydrogen-bond donors (Lipinski definition) is 1. The highest BCUT2D eigenvalue weighted by Gasteiger charge is 2.34. The number of hydrogen-bond acceptors (Lipinski definition) is 5. The molecule has 1 saturated carbocycles. The van der Waals surface area contributed by atoms with Gasteiger partial charge in [-0.25, -0.2) is 14.5 Å². The molecule has 4 aromatic rings. The van der Waals surface area contributed by atoms with Gasteiger partial charge in [-0.15, -0.1) is 0 Å². The Bertz CT molecular complexity index is 1400. The molecule has 35 heavy (non-hydrogen) atoms. The fourth-order valence-corrected chi connectivity index (χ4v) is 4.75. The van der Waals surface area contributed by atoms with Crippen molar-refractivity contribution in [1.82, 2.24) is 24.5 Å². The van der Waals surface area contributed by atoms with Crippen LogP contribution in [0.4, 0.5) is 18.9 Å². The average Bonchev–Trinajstić information content (AvgIpc) is 3.31. The van der Waals surface area contributed by atoms with Gasteiger partial charge >= 0.3 is 6.18 Å². The average molecular weight is 503 g/mol. The number of carbonyl (C=O) groups is 1. The van der Waals surface area contributed by atoms with Crippen molar-refractivity contribution in [2.24, 2.45) is 0 Å². The number of rotatable bonds is 4. The first-order chi connectivity index (χ1) is 16.7. The second-order valence-electron chi connectivity index (χ2n) is 8.76. The highest BCUT2D eigenvalue weighted by atomic mass is 35.5. The number of benzene rings is 1. The van der Waals surface area contributed by atoms with Crippen LogP contribution in [0.2, 0.25) is 5.02 Å². The van der Waals surface area contributed by atoms with Gasteiger partial charge in [0.05, 0.1) is 17.3 Å². The van der Waals surface area contributed by atoms with E-state index < -0.39 is 11.9 Å². The van der Waals surface area contributed by atoms with Crippen LogP contribution < -0.4 is 5.32 Å². The third-order valence-corrected chi connectivity index (χ3v) is 6.71. The van der Waals surface area contributed by atoms with Crippen LogP contribution in [0.15, 0.2) is 48.9 Å². The maximum atomic E-state index is 13.4. The molecule has 3 aromatic heterocycles. The van der Waals surface area contributed by atoms with Gasteiger partial charge in [-0.3, -0.25) is 4.79 Å². The predicted octanol–water partition coefficient (Wildman–Crippen LogP) is 5.45. The third kappa shape index (κ3) is 4.75. The zero-order chi connectivity index (χ0) is 24.7. The first kappa shape index (κ1) is 23.3. The maximum absolute atomic E-state index is 13.4. The summed E-state index contributed by atoms with van der Waals surface area (Å²) in [6, 6.07) is 7.41. The Morgan fingerprint density at radius 1 is 1.17 bits per heavy atom.